The van der Waals surface area contributed by atoms with Gasteiger partial charge in [-0.2, -0.15) is 0 Å². The molecule has 1 rings (SSSR count). The lowest BCUT2D eigenvalue weighted by Crippen LogP contribution is -2.72. The number of hydrogen-bond donors (Lipinski definition) is 1. The van der Waals surface area contributed by atoms with Gasteiger partial charge in [0.05, 0.1) is 15.6 Å². The Morgan fingerprint density at radius 1 is 1.09 bits per heavy atom. The largest absolute Gasteiger partial charge is 0.390 e. The maximum atomic E-state index is 11.4. The number of aliphatic hydroxyl groups excluding tert-OH is 1. The number of hydrogen-bond acceptors (Lipinski definition) is 3. The molecule has 1 N–H and O–H groups in total. The minimum atomic E-state index is -3.14. The van der Waals surface area contributed by atoms with Crippen molar-refractivity contribution in [1.29, 1.82) is 0 Å². The summed E-state index contributed by atoms with van der Waals surface area (Å²) in [5, 5.41) is 9.46. The van der Waals surface area contributed by atoms with E-state index in [0.717, 1.165) is 0 Å². The zero-order chi connectivity index (χ0) is 9.08. The molecule has 1 fully saturated rings. The first-order valence-corrected chi connectivity index (χ1v) is 5.06. The quantitative estimate of drug-likeness (QED) is 0.581. The van der Waals surface area contributed by atoms with E-state index in [-0.39, 0.29) is 0 Å². The number of sulfone groups is 1. The van der Waals surface area contributed by atoms with Gasteiger partial charge in [0.1, 0.15) is 0 Å². The molecule has 0 aromatic heterocycles. The highest BCUT2D eigenvalue weighted by atomic mass is 32.2. The normalized spacial score (nSPS) is 32.8. The van der Waals surface area contributed by atoms with Crippen LogP contribution in [0, 0.1) is 0 Å². The minimum Gasteiger partial charge on any atom is -0.390 e. The predicted octanol–water partition coefficient (Wildman–Crippen LogP) is 0.333. The topological polar surface area (TPSA) is 54.4 Å². The Balaban J connectivity index is 3.20. The van der Waals surface area contributed by atoms with E-state index in [1.165, 1.54) is 0 Å². The van der Waals surface area contributed by atoms with Crippen molar-refractivity contribution in [3.05, 3.63) is 0 Å². The van der Waals surface area contributed by atoms with E-state index in [1.807, 2.05) is 0 Å². The van der Waals surface area contributed by atoms with E-state index in [0.29, 0.717) is 0 Å². The van der Waals surface area contributed by atoms with Gasteiger partial charge < -0.3 is 5.11 Å². The van der Waals surface area contributed by atoms with Crippen molar-refractivity contribution in [1.82, 2.24) is 0 Å². The van der Waals surface area contributed by atoms with Crippen molar-refractivity contribution in [2.75, 3.05) is 0 Å². The molecule has 0 atom stereocenters. The van der Waals surface area contributed by atoms with Crippen LogP contribution in [0.2, 0.25) is 0 Å². The molecule has 1 saturated heterocycles. The van der Waals surface area contributed by atoms with Gasteiger partial charge in [-0.15, -0.1) is 0 Å². The van der Waals surface area contributed by atoms with Gasteiger partial charge in [0.2, 0.25) is 0 Å². The Morgan fingerprint density at radius 2 is 1.36 bits per heavy atom. The van der Waals surface area contributed by atoms with Crippen LogP contribution in [0.15, 0.2) is 0 Å². The highest BCUT2D eigenvalue weighted by Crippen LogP contribution is 2.47. The summed E-state index contributed by atoms with van der Waals surface area (Å²) in [6.45, 7) is 6.22. The van der Waals surface area contributed by atoms with Gasteiger partial charge in [-0.1, -0.05) is 0 Å². The van der Waals surface area contributed by atoms with Gasteiger partial charge in [0.15, 0.2) is 9.84 Å². The van der Waals surface area contributed by atoms with Crippen LogP contribution in [0.25, 0.3) is 0 Å². The maximum absolute atomic E-state index is 11.4. The van der Waals surface area contributed by atoms with Crippen LogP contribution in [0.5, 0.6) is 0 Å². The summed E-state index contributed by atoms with van der Waals surface area (Å²) in [5.74, 6) is 0. The summed E-state index contributed by atoms with van der Waals surface area (Å²) in [5.41, 5.74) is 0. The van der Waals surface area contributed by atoms with Crippen molar-refractivity contribution >= 4 is 9.84 Å². The molecule has 0 aliphatic carbocycles. The first-order valence-electron chi connectivity index (χ1n) is 3.58. The van der Waals surface area contributed by atoms with E-state index < -0.39 is 25.4 Å². The van der Waals surface area contributed by atoms with Gasteiger partial charge in [0, 0.05) is 0 Å². The molecule has 66 valence electrons. The minimum absolute atomic E-state index is 0.750. The van der Waals surface area contributed by atoms with Crippen LogP contribution in [0.3, 0.4) is 0 Å². The molecule has 0 unspecified atom stereocenters. The molecular weight excluding hydrogens is 164 g/mol. The van der Waals surface area contributed by atoms with Gasteiger partial charge in [0.25, 0.3) is 0 Å². The zero-order valence-corrected chi connectivity index (χ0v) is 8.07. The molecule has 0 spiro atoms. The molecule has 0 aromatic rings. The van der Waals surface area contributed by atoms with Crippen molar-refractivity contribution in [2.45, 2.75) is 43.3 Å². The molecule has 4 heteroatoms. The van der Waals surface area contributed by atoms with Crippen molar-refractivity contribution in [3.8, 4) is 0 Å². The Hall–Kier alpha value is -0.0900. The van der Waals surface area contributed by atoms with Gasteiger partial charge >= 0.3 is 0 Å². The Bertz CT molecular complexity index is 252. The number of rotatable bonds is 0. The van der Waals surface area contributed by atoms with Crippen molar-refractivity contribution in [2.24, 2.45) is 0 Å². The second kappa shape index (κ2) is 1.80. The molecule has 3 nitrogen and oxygen atoms in total. The first-order chi connectivity index (χ1) is 4.65. The van der Waals surface area contributed by atoms with Crippen molar-refractivity contribution in [3.63, 3.8) is 0 Å². The van der Waals surface area contributed by atoms with E-state index >= 15 is 0 Å². The maximum Gasteiger partial charge on any atom is 0.165 e. The Kier molecular flexibility index (Phi) is 1.47. The monoisotopic (exact) mass is 178 g/mol. The molecule has 0 radical (unpaired) electrons. The molecule has 0 amide bonds. The average molecular weight is 178 g/mol. The summed E-state index contributed by atoms with van der Waals surface area (Å²) in [6, 6.07) is 0. The second-order valence-electron chi connectivity index (χ2n) is 4.11. The standard InChI is InChI=1S/C7H14O3S/c1-6(2)5(8)7(3,4)11(6,9)10/h5,8H,1-4H3. The highest BCUT2D eigenvalue weighted by Gasteiger charge is 2.66. The smallest absolute Gasteiger partial charge is 0.165 e. The first kappa shape index (κ1) is 9.00. The van der Waals surface area contributed by atoms with Crippen LogP contribution in [0.4, 0.5) is 0 Å². The van der Waals surface area contributed by atoms with Gasteiger partial charge in [-0.3, -0.25) is 0 Å². The summed E-state index contributed by atoms with van der Waals surface area (Å²) in [7, 11) is -3.14. The lowest BCUT2D eigenvalue weighted by atomic mass is 9.92. The summed E-state index contributed by atoms with van der Waals surface area (Å²) >= 11 is 0. The third-order valence-corrected chi connectivity index (χ3v) is 5.92. The fraction of sp³-hybridized carbons (Fsp3) is 1.00. The molecule has 1 heterocycles. The lowest BCUT2D eigenvalue weighted by Gasteiger charge is -2.52. The van der Waals surface area contributed by atoms with Crippen molar-refractivity contribution < 1.29 is 13.5 Å². The van der Waals surface area contributed by atoms with E-state index in [2.05, 4.69) is 0 Å². The predicted molar refractivity (Wildman–Crippen MR) is 43.1 cm³/mol. The van der Waals surface area contributed by atoms with Crippen LogP contribution in [-0.2, 0) is 9.84 Å². The van der Waals surface area contributed by atoms with E-state index in [4.69, 9.17) is 0 Å². The highest BCUT2D eigenvalue weighted by molar-refractivity contribution is 7.95. The third kappa shape index (κ3) is 0.693. The number of aliphatic hydroxyl groups is 1. The third-order valence-electron chi connectivity index (χ3n) is 2.70. The van der Waals surface area contributed by atoms with Gasteiger partial charge in [-0.25, -0.2) is 8.42 Å². The Labute approximate surface area is 67.3 Å². The van der Waals surface area contributed by atoms with Crippen LogP contribution < -0.4 is 0 Å². The van der Waals surface area contributed by atoms with Crippen LogP contribution in [-0.4, -0.2) is 29.1 Å². The SMILES string of the molecule is CC1(C)C(O)C(C)(C)S1(=O)=O. The van der Waals surface area contributed by atoms with Crippen LogP contribution >= 0.6 is 0 Å². The summed E-state index contributed by atoms with van der Waals surface area (Å²) in [6.07, 6.45) is -0.750. The van der Waals surface area contributed by atoms with Gasteiger partial charge in [-0.05, 0) is 27.7 Å². The molecule has 1 aliphatic rings. The Morgan fingerprint density at radius 3 is 1.45 bits per heavy atom. The lowest BCUT2D eigenvalue weighted by molar-refractivity contribution is 0.0710. The fourth-order valence-corrected chi connectivity index (χ4v) is 4.10. The van der Waals surface area contributed by atoms with E-state index in [9.17, 15) is 13.5 Å². The summed E-state index contributed by atoms with van der Waals surface area (Å²) in [4.78, 5) is 0. The second-order valence-corrected chi connectivity index (χ2v) is 7.22. The average Bonchev–Trinajstić information content (AvgIpc) is 1.84. The van der Waals surface area contributed by atoms with Crippen LogP contribution in [0.1, 0.15) is 27.7 Å². The summed E-state index contributed by atoms with van der Waals surface area (Å²) < 4.78 is 21.0. The molecule has 0 saturated carbocycles. The molecule has 0 bridgehead atoms. The fourth-order valence-electron chi connectivity index (χ4n) is 1.75. The zero-order valence-electron chi connectivity index (χ0n) is 7.25. The molecule has 1 aliphatic heterocycles. The van der Waals surface area contributed by atoms with E-state index in [1.54, 1.807) is 27.7 Å². The molecule has 11 heavy (non-hydrogen) atoms. The molecule has 0 aromatic carbocycles. The molecular formula is C7H14O3S.